The maximum atomic E-state index is 12.7. The van der Waals surface area contributed by atoms with Gasteiger partial charge >= 0.3 is 0 Å². The lowest BCUT2D eigenvalue weighted by molar-refractivity contribution is 0.0785. The molecule has 3 aromatic rings. The molecule has 2 aromatic carbocycles. The molecule has 28 heavy (non-hydrogen) atoms. The number of nitrogens with one attached hydrogen (secondary N) is 1. The van der Waals surface area contributed by atoms with Crippen LogP contribution in [-0.4, -0.2) is 36.1 Å². The Morgan fingerprint density at radius 2 is 1.93 bits per heavy atom. The van der Waals surface area contributed by atoms with Crippen molar-refractivity contribution in [3.05, 3.63) is 77.6 Å². The van der Waals surface area contributed by atoms with Gasteiger partial charge in [-0.3, -0.25) is 14.2 Å². The van der Waals surface area contributed by atoms with E-state index in [4.69, 9.17) is 0 Å². The van der Waals surface area contributed by atoms with Crippen LogP contribution in [0.25, 0.3) is 0 Å². The van der Waals surface area contributed by atoms with Crippen molar-refractivity contribution in [2.75, 3.05) is 11.8 Å². The number of amides is 1. The molecule has 1 aromatic heterocycles. The normalized spacial score (nSPS) is 11.2. The number of hydrogen-bond acceptors (Lipinski definition) is 4. The fraction of sp³-hybridized carbons (Fsp3) is 0.200. The van der Waals surface area contributed by atoms with Crippen LogP contribution in [0.2, 0.25) is 0 Å². The van der Waals surface area contributed by atoms with Crippen LogP contribution in [-0.2, 0) is 23.6 Å². The highest BCUT2D eigenvalue weighted by Crippen LogP contribution is 2.19. The van der Waals surface area contributed by atoms with Crippen molar-refractivity contribution < 1.29 is 13.2 Å². The summed E-state index contributed by atoms with van der Waals surface area (Å²) in [6.07, 6.45) is 3.52. The third kappa shape index (κ3) is 4.58. The molecule has 7 nitrogen and oxygen atoms in total. The summed E-state index contributed by atoms with van der Waals surface area (Å²) in [6, 6.07) is 13.1. The highest BCUT2D eigenvalue weighted by Gasteiger charge is 2.18. The number of anilines is 1. The first-order valence-corrected chi connectivity index (χ1v) is 10.2. The quantitative estimate of drug-likeness (QED) is 0.692. The number of nitrogens with zero attached hydrogens (tertiary/aromatic N) is 3. The smallest absolute Gasteiger partial charge is 0.261 e. The Morgan fingerprint density at radius 3 is 2.61 bits per heavy atom. The molecule has 0 unspecified atom stereocenters. The first kappa shape index (κ1) is 19.6. The fourth-order valence-corrected chi connectivity index (χ4v) is 3.93. The Balaban J connectivity index is 1.79. The number of aromatic nitrogens is 2. The van der Waals surface area contributed by atoms with Crippen molar-refractivity contribution >= 4 is 21.6 Å². The van der Waals surface area contributed by atoms with E-state index in [1.807, 2.05) is 19.2 Å². The first-order chi connectivity index (χ1) is 13.2. The SMILES string of the molecule is Cc1cccc(NS(=O)(=O)c2cccc(C(=O)N(C)Cc3cnn(C)c3)c2)c1. The monoisotopic (exact) mass is 398 g/mol. The van der Waals surface area contributed by atoms with Crippen LogP contribution in [0.3, 0.4) is 0 Å². The Hall–Kier alpha value is -3.13. The van der Waals surface area contributed by atoms with Crippen LogP contribution in [0.4, 0.5) is 5.69 Å². The van der Waals surface area contributed by atoms with Crippen LogP contribution >= 0.6 is 0 Å². The Bertz CT molecular complexity index is 1110. The molecule has 0 aliphatic rings. The molecule has 0 radical (unpaired) electrons. The zero-order chi connectivity index (χ0) is 20.3. The molecule has 8 heteroatoms. The third-order valence-corrected chi connectivity index (χ3v) is 5.57. The van der Waals surface area contributed by atoms with Crippen molar-refractivity contribution in [3.8, 4) is 0 Å². The van der Waals surface area contributed by atoms with Gasteiger partial charge in [-0.1, -0.05) is 18.2 Å². The standard InChI is InChI=1S/C20H22N4O3S/c1-15-6-4-8-18(10-15)22-28(26,27)19-9-5-7-17(11-19)20(25)23(2)13-16-12-21-24(3)14-16/h4-12,14,22H,13H2,1-3H3. The third-order valence-electron chi connectivity index (χ3n) is 4.19. The fourth-order valence-electron chi connectivity index (χ4n) is 2.84. The lowest BCUT2D eigenvalue weighted by Crippen LogP contribution is -2.26. The lowest BCUT2D eigenvalue weighted by Gasteiger charge is -2.17. The summed E-state index contributed by atoms with van der Waals surface area (Å²) in [5.74, 6) is -0.267. The van der Waals surface area contributed by atoms with Gasteiger partial charge in [-0.05, 0) is 42.8 Å². The van der Waals surface area contributed by atoms with Gasteiger partial charge in [0.25, 0.3) is 15.9 Å². The molecule has 0 aliphatic carbocycles. The average Bonchev–Trinajstić information content (AvgIpc) is 3.05. The molecule has 0 bridgehead atoms. The number of rotatable bonds is 6. The minimum atomic E-state index is -3.80. The van der Waals surface area contributed by atoms with E-state index in [1.165, 1.54) is 17.0 Å². The predicted molar refractivity (Wildman–Crippen MR) is 107 cm³/mol. The molecule has 1 N–H and O–H groups in total. The van der Waals surface area contributed by atoms with Crippen molar-refractivity contribution in [2.45, 2.75) is 18.4 Å². The summed E-state index contributed by atoms with van der Waals surface area (Å²) >= 11 is 0. The van der Waals surface area contributed by atoms with Gasteiger partial charge in [0.1, 0.15) is 0 Å². The van der Waals surface area contributed by atoms with Gasteiger partial charge in [-0.2, -0.15) is 5.10 Å². The summed E-state index contributed by atoms with van der Waals surface area (Å²) in [5, 5.41) is 4.09. The highest BCUT2D eigenvalue weighted by atomic mass is 32.2. The van der Waals surface area contributed by atoms with E-state index in [9.17, 15) is 13.2 Å². The van der Waals surface area contributed by atoms with Crippen molar-refractivity contribution in [2.24, 2.45) is 7.05 Å². The van der Waals surface area contributed by atoms with Gasteiger partial charge in [0.05, 0.1) is 11.1 Å². The summed E-state index contributed by atoms with van der Waals surface area (Å²) < 4.78 is 29.6. The molecule has 0 saturated heterocycles. The molecular weight excluding hydrogens is 376 g/mol. The maximum absolute atomic E-state index is 12.7. The van der Waals surface area contributed by atoms with Gasteiger partial charge in [0, 0.05) is 43.7 Å². The van der Waals surface area contributed by atoms with Crippen LogP contribution in [0, 0.1) is 6.92 Å². The van der Waals surface area contributed by atoms with E-state index >= 15 is 0 Å². The van der Waals surface area contributed by atoms with E-state index in [-0.39, 0.29) is 10.8 Å². The molecule has 1 heterocycles. The van der Waals surface area contributed by atoms with E-state index in [0.717, 1.165) is 11.1 Å². The Kier molecular flexibility index (Phi) is 5.51. The molecule has 0 aliphatic heterocycles. The molecular formula is C20H22N4O3S. The molecule has 1 amide bonds. The van der Waals surface area contributed by atoms with Gasteiger partial charge in [-0.25, -0.2) is 8.42 Å². The average molecular weight is 398 g/mol. The van der Waals surface area contributed by atoms with E-state index in [2.05, 4.69) is 9.82 Å². The van der Waals surface area contributed by atoms with Crippen LogP contribution in [0.5, 0.6) is 0 Å². The summed E-state index contributed by atoms with van der Waals surface area (Å²) in [7, 11) is -0.327. The van der Waals surface area contributed by atoms with Gasteiger partial charge in [0.15, 0.2) is 0 Å². The van der Waals surface area contributed by atoms with Crippen molar-refractivity contribution in [3.63, 3.8) is 0 Å². The number of sulfonamides is 1. The summed E-state index contributed by atoms with van der Waals surface area (Å²) in [5.41, 5.74) is 2.62. The topological polar surface area (TPSA) is 84.3 Å². The van der Waals surface area contributed by atoms with Crippen LogP contribution in [0.1, 0.15) is 21.5 Å². The number of aryl methyl sites for hydroxylation is 2. The number of carbonyl (C=O) groups excluding carboxylic acids is 1. The van der Waals surface area contributed by atoms with Crippen molar-refractivity contribution in [1.82, 2.24) is 14.7 Å². The lowest BCUT2D eigenvalue weighted by atomic mass is 10.2. The minimum Gasteiger partial charge on any atom is -0.337 e. The van der Waals surface area contributed by atoms with Gasteiger partial charge in [-0.15, -0.1) is 0 Å². The largest absolute Gasteiger partial charge is 0.337 e. The number of carbonyl (C=O) groups is 1. The van der Waals surface area contributed by atoms with Gasteiger partial charge in [0.2, 0.25) is 0 Å². The van der Waals surface area contributed by atoms with Gasteiger partial charge < -0.3 is 4.90 Å². The molecule has 0 atom stereocenters. The zero-order valence-corrected chi connectivity index (χ0v) is 16.8. The molecule has 0 spiro atoms. The second kappa shape index (κ2) is 7.85. The molecule has 146 valence electrons. The summed E-state index contributed by atoms with van der Waals surface area (Å²) in [4.78, 5) is 14.3. The van der Waals surface area contributed by atoms with Crippen molar-refractivity contribution in [1.29, 1.82) is 0 Å². The molecule has 0 saturated carbocycles. The zero-order valence-electron chi connectivity index (χ0n) is 16.0. The van der Waals surface area contributed by atoms with Crippen LogP contribution in [0.15, 0.2) is 65.8 Å². The first-order valence-electron chi connectivity index (χ1n) is 8.67. The predicted octanol–water partition coefficient (Wildman–Crippen LogP) is 2.80. The van der Waals surface area contributed by atoms with E-state index < -0.39 is 10.0 Å². The highest BCUT2D eigenvalue weighted by molar-refractivity contribution is 7.92. The second-order valence-electron chi connectivity index (χ2n) is 6.69. The van der Waals surface area contributed by atoms with Crippen LogP contribution < -0.4 is 4.72 Å². The Morgan fingerprint density at radius 1 is 1.18 bits per heavy atom. The number of hydrogen-bond donors (Lipinski definition) is 1. The molecule has 3 rings (SSSR count). The number of benzene rings is 2. The van der Waals surface area contributed by atoms with E-state index in [1.54, 1.807) is 55.3 Å². The second-order valence-corrected chi connectivity index (χ2v) is 8.37. The minimum absolute atomic E-state index is 0.0367. The van der Waals surface area contributed by atoms with E-state index in [0.29, 0.717) is 17.8 Å². The molecule has 0 fully saturated rings. The maximum Gasteiger partial charge on any atom is 0.261 e. The Labute approximate surface area is 164 Å². The summed E-state index contributed by atoms with van der Waals surface area (Å²) in [6.45, 7) is 2.26.